The summed E-state index contributed by atoms with van der Waals surface area (Å²) in [6.07, 6.45) is 1.99. The third kappa shape index (κ3) is 3.65. The fourth-order valence-corrected chi connectivity index (χ4v) is 2.22. The van der Waals surface area contributed by atoms with Gasteiger partial charge >= 0.3 is 5.97 Å². The first-order valence-electron chi connectivity index (χ1n) is 6.38. The van der Waals surface area contributed by atoms with Gasteiger partial charge in [0.25, 0.3) is 0 Å². The zero-order chi connectivity index (χ0) is 13.7. The highest BCUT2D eigenvalue weighted by molar-refractivity contribution is 5.85. The Hall–Kier alpha value is -1.66. The summed E-state index contributed by atoms with van der Waals surface area (Å²) in [4.78, 5) is 17.1. The largest absolute Gasteiger partial charge is 0.477 e. The highest BCUT2D eigenvalue weighted by Gasteiger charge is 2.21. The molecule has 1 aromatic rings. The monoisotopic (exact) mass is 266 g/mol. The molecular formula is C13H18N2O4. The lowest BCUT2D eigenvalue weighted by Crippen LogP contribution is -2.40. The molecule has 2 rings (SSSR count). The summed E-state index contributed by atoms with van der Waals surface area (Å²) in [6.45, 7) is 1.87. The van der Waals surface area contributed by atoms with Crippen LogP contribution in [0.4, 0.5) is 5.82 Å². The fourth-order valence-electron chi connectivity index (χ4n) is 2.22. The van der Waals surface area contributed by atoms with Crippen molar-refractivity contribution >= 4 is 11.8 Å². The molecule has 2 N–H and O–H groups in total. The Balaban J connectivity index is 2.04. The first kappa shape index (κ1) is 13.8. The maximum Gasteiger partial charge on any atom is 0.354 e. The maximum absolute atomic E-state index is 10.9. The molecule has 0 aromatic carbocycles. The summed E-state index contributed by atoms with van der Waals surface area (Å²) in [5, 5.41) is 17.7. The number of carboxylic acid groups (broad SMARTS) is 1. The minimum Gasteiger partial charge on any atom is -0.477 e. The van der Waals surface area contributed by atoms with Gasteiger partial charge in [-0.3, -0.25) is 0 Å². The molecule has 0 saturated carbocycles. The maximum atomic E-state index is 10.9. The fraction of sp³-hybridized carbons (Fsp3) is 0.538. The van der Waals surface area contributed by atoms with Crippen molar-refractivity contribution in [3.63, 3.8) is 0 Å². The number of nitrogens with zero attached hydrogens (tertiary/aromatic N) is 2. The van der Waals surface area contributed by atoms with Crippen LogP contribution in [0.15, 0.2) is 18.2 Å². The number of pyridine rings is 1. The number of ether oxygens (including phenoxy) is 1. The Morgan fingerprint density at radius 1 is 1.53 bits per heavy atom. The van der Waals surface area contributed by atoms with Gasteiger partial charge in [0.1, 0.15) is 5.82 Å². The standard InChI is InChI=1S/C13H18N2O4/c16-7-8-19-10-3-2-6-15(9-10)12-5-1-4-11(14-12)13(17)18/h1,4-5,10,16H,2-3,6-9H2,(H,17,18). The third-order valence-corrected chi connectivity index (χ3v) is 3.10. The molecule has 0 spiro atoms. The first-order chi connectivity index (χ1) is 9.20. The minimum atomic E-state index is -1.02. The van der Waals surface area contributed by atoms with E-state index in [1.54, 1.807) is 12.1 Å². The van der Waals surface area contributed by atoms with Gasteiger partial charge in [0.05, 0.1) is 19.3 Å². The molecule has 19 heavy (non-hydrogen) atoms. The van der Waals surface area contributed by atoms with Crippen LogP contribution in [0.2, 0.25) is 0 Å². The van der Waals surface area contributed by atoms with Crippen LogP contribution in [-0.4, -0.2) is 53.6 Å². The van der Waals surface area contributed by atoms with Crippen molar-refractivity contribution < 1.29 is 19.7 Å². The molecule has 104 valence electrons. The molecule has 2 heterocycles. The van der Waals surface area contributed by atoms with E-state index in [4.69, 9.17) is 14.9 Å². The summed E-state index contributed by atoms with van der Waals surface area (Å²) in [5.74, 6) is -0.357. The van der Waals surface area contributed by atoms with Crippen molar-refractivity contribution in [2.45, 2.75) is 18.9 Å². The number of hydrogen-bond donors (Lipinski definition) is 2. The minimum absolute atomic E-state index is 0.0171. The van der Waals surface area contributed by atoms with Gasteiger partial charge in [-0.1, -0.05) is 6.07 Å². The highest BCUT2D eigenvalue weighted by Crippen LogP contribution is 2.19. The first-order valence-corrected chi connectivity index (χ1v) is 6.38. The van der Waals surface area contributed by atoms with E-state index in [0.29, 0.717) is 19.0 Å². The molecule has 0 amide bonds. The van der Waals surface area contributed by atoms with Crippen molar-refractivity contribution in [1.29, 1.82) is 0 Å². The number of hydrogen-bond acceptors (Lipinski definition) is 5. The predicted molar refractivity (Wildman–Crippen MR) is 69.5 cm³/mol. The molecule has 1 fully saturated rings. The van der Waals surface area contributed by atoms with Crippen molar-refractivity contribution in [3.05, 3.63) is 23.9 Å². The summed E-state index contributed by atoms with van der Waals surface area (Å²) in [5.41, 5.74) is 0.0518. The number of piperidine rings is 1. The number of aliphatic hydroxyl groups is 1. The van der Waals surface area contributed by atoms with Crippen LogP contribution in [-0.2, 0) is 4.74 Å². The van der Waals surface area contributed by atoms with Crippen molar-refractivity contribution in [1.82, 2.24) is 4.98 Å². The van der Waals surface area contributed by atoms with E-state index < -0.39 is 5.97 Å². The SMILES string of the molecule is O=C(O)c1cccc(N2CCCC(OCCO)C2)n1. The van der Waals surface area contributed by atoms with Crippen molar-refractivity contribution in [3.8, 4) is 0 Å². The topological polar surface area (TPSA) is 82.9 Å². The molecular weight excluding hydrogens is 248 g/mol. The quantitative estimate of drug-likeness (QED) is 0.818. The Morgan fingerprint density at radius 3 is 3.11 bits per heavy atom. The van der Waals surface area contributed by atoms with Crippen LogP contribution >= 0.6 is 0 Å². The molecule has 0 bridgehead atoms. The van der Waals surface area contributed by atoms with Gasteiger partial charge in [0.2, 0.25) is 0 Å². The zero-order valence-electron chi connectivity index (χ0n) is 10.7. The van der Waals surface area contributed by atoms with Crippen LogP contribution in [0.25, 0.3) is 0 Å². The average molecular weight is 266 g/mol. The Labute approximate surface area is 111 Å². The van der Waals surface area contributed by atoms with E-state index >= 15 is 0 Å². The summed E-state index contributed by atoms with van der Waals surface area (Å²) in [6, 6.07) is 4.99. The Bertz CT molecular complexity index is 438. The van der Waals surface area contributed by atoms with Crippen LogP contribution in [0.3, 0.4) is 0 Å². The molecule has 0 radical (unpaired) electrons. The third-order valence-electron chi connectivity index (χ3n) is 3.10. The van der Waals surface area contributed by atoms with E-state index in [1.165, 1.54) is 6.07 Å². The van der Waals surface area contributed by atoms with Gasteiger partial charge in [0, 0.05) is 13.1 Å². The lowest BCUT2D eigenvalue weighted by molar-refractivity contribution is 0.0213. The summed E-state index contributed by atoms with van der Waals surface area (Å²) >= 11 is 0. The van der Waals surface area contributed by atoms with Crippen molar-refractivity contribution in [2.75, 3.05) is 31.2 Å². The molecule has 1 unspecified atom stereocenters. The number of rotatable bonds is 5. The Morgan fingerprint density at radius 2 is 2.37 bits per heavy atom. The summed E-state index contributed by atoms with van der Waals surface area (Å²) < 4.78 is 5.53. The number of anilines is 1. The molecule has 0 aliphatic carbocycles. The second kappa shape index (κ2) is 6.49. The lowest BCUT2D eigenvalue weighted by Gasteiger charge is -2.33. The van der Waals surface area contributed by atoms with Gasteiger partial charge in [-0.05, 0) is 25.0 Å². The molecule has 1 aliphatic rings. The molecule has 1 aliphatic heterocycles. The van der Waals surface area contributed by atoms with E-state index in [9.17, 15) is 4.79 Å². The van der Waals surface area contributed by atoms with Gasteiger partial charge in [-0.2, -0.15) is 0 Å². The number of aromatic carboxylic acids is 1. The zero-order valence-corrected chi connectivity index (χ0v) is 10.7. The number of aromatic nitrogens is 1. The number of carbonyl (C=O) groups is 1. The number of carboxylic acids is 1. The van der Waals surface area contributed by atoms with Crippen LogP contribution < -0.4 is 4.90 Å². The molecule has 6 nitrogen and oxygen atoms in total. The highest BCUT2D eigenvalue weighted by atomic mass is 16.5. The van der Waals surface area contributed by atoms with Crippen LogP contribution in [0.5, 0.6) is 0 Å². The smallest absolute Gasteiger partial charge is 0.354 e. The molecule has 1 saturated heterocycles. The predicted octanol–water partition coefficient (Wildman–Crippen LogP) is 0.757. The normalized spacial score (nSPS) is 19.4. The second-order valence-electron chi connectivity index (χ2n) is 4.49. The van der Waals surface area contributed by atoms with E-state index in [1.807, 2.05) is 4.90 Å². The van der Waals surface area contributed by atoms with Gasteiger partial charge in [-0.15, -0.1) is 0 Å². The van der Waals surface area contributed by atoms with E-state index in [2.05, 4.69) is 4.98 Å². The van der Waals surface area contributed by atoms with Gasteiger partial charge in [-0.25, -0.2) is 9.78 Å². The van der Waals surface area contributed by atoms with Gasteiger partial charge < -0.3 is 19.8 Å². The van der Waals surface area contributed by atoms with Gasteiger partial charge in [0.15, 0.2) is 5.69 Å². The molecule has 6 heteroatoms. The summed E-state index contributed by atoms with van der Waals surface area (Å²) in [7, 11) is 0. The lowest BCUT2D eigenvalue weighted by atomic mass is 10.1. The Kier molecular flexibility index (Phi) is 4.70. The van der Waals surface area contributed by atoms with E-state index in [-0.39, 0.29) is 18.4 Å². The molecule has 1 aromatic heterocycles. The second-order valence-corrected chi connectivity index (χ2v) is 4.49. The van der Waals surface area contributed by atoms with Crippen LogP contribution in [0.1, 0.15) is 23.3 Å². The molecule has 1 atom stereocenters. The number of aliphatic hydroxyl groups excluding tert-OH is 1. The van der Waals surface area contributed by atoms with Crippen molar-refractivity contribution in [2.24, 2.45) is 0 Å². The van der Waals surface area contributed by atoms with Crippen LogP contribution in [0, 0.1) is 0 Å². The van der Waals surface area contributed by atoms with E-state index in [0.717, 1.165) is 19.4 Å². The average Bonchev–Trinajstić information content (AvgIpc) is 2.45.